The van der Waals surface area contributed by atoms with E-state index < -0.39 is 36.4 Å². The molecule has 0 amide bonds. The molecule has 1 heterocycles. The summed E-state index contributed by atoms with van der Waals surface area (Å²) in [6.45, 7) is 2.46. The number of aliphatic imine (C=N–C) groups is 1. The van der Waals surface area contributed by atoms with Crippen LogP contribution in [0.1, 0.15) is 13.3 Å². The molecule has 116 valence electrons. The summed E-state index contributed by atoms with van der Waals surface area (Å²) >= 11 is 1.25. The lowest BCUT2D eigenvalue weighted by atomic mass is 9.78. The number of nitrogens with zero attached hydrogens (tertiary/aromatic N) is 1. The largest absolute Gasteiger partial charge is 0.414 e. The standard InChI is InChI=1S/C11H17F3N2O3S/c1-2-15-10-16-6-5(20-10)3-4(7(17)8(6)18)9(19)11(12,13)14/h4-9,17-19H,2-3H2,1H3,(H,15,16). The summed E-state index contributed by atoms with van der Waals surface area (Å²) in [7, 11) is 0. The number of hydrogen-bond acceptors (Lipinski definition) is 6. The molecule has 1 saturated carbocycles. The lowest BCUT2D eigenvalue weighted by Crippen LogP contribution is -2.56. The van der Waals surface area contributed by atoms with Crippen LogP contribution in [0.5, 0.6) is 0 Å². The molecule has 2 rings (SSSR count). The van der Waals surface area contributed by atoms with Crippen LogP contribution in [0, 0.1) is 5.92 Å². The number of hydrogen-bond donors (Lipinski definition) is 4. The number of alkyl halides is 3. The van der Waals surface area contributed by atoms with Gasteiger partial charge in [-0.05, 0) is 13.3 Å². The normalized spacial score (nSPS) is 39.1. The number of amidine groups is 1. The summed E-state index contributed by atoms with van der Waals surface area (Å²) in [5.41, 5.74) is 0. The Bertz CT molecular complexity index is 394. The van der Waals surface area contributed by atoms with Crippen molar-refractivity contribution in [3.63, 3.8) is 0 Å². The van der Waals surface area contributed by atoms with E-state index in [1.165, 1.54) is 11.8 Å². The zero-order valence-corrected chi connectivity index (χ0v) is 11.5. The molecule has 0 radical (unpaired) electrons. The summed E-state index contributed by atoms with van der Waals surface area (Å²) in [6.07, 6.45) is -10.5. The highest BCUT2D eigenvalue weighted by Crippen LogP contribution is 2.43. The van der Waals surface area contributed by atoms with Gasteiger partial charge in [0.1, 0.15) is 6.10 Å². The highest BCUT2D eigenvalue weighted by atomic mass is 32.2. The molecule has 1 aliphatic carbocycles. The third kappa shape index (κ3) is 2.90. The number of rotatable bonds is 2. The average Bonchev–Trinajstić information content (AvgIpc) is 2.75. The van der Waals surface area contributed by atoms with Gasteiger partial charge in [-0.2, -0.15) is 13.2 Å². The predicted molar refractivity (Wildman–Crippen MR) is 68.5 cm³/mol. The van der Waals surface area contributed by atoms with E-state index in [0.717, 1.165) is 0 Å². The quantitative estimate of drug-likeness (QED) is 0.581. The molecule has 0 aromatic heterocycles. The zero-order valence-electron chi connectivity index (χ0n) is 10.7. The molecule has 0 saturated heterocycles. The van der Waals surface area contributed by atoms with Crippen LogP contribution in [0.25, 0.3) is 0 Å². The van der Waals surface area contributed by atoms with Crippen LogP contribution in [-0.2, 0) is 0 Å². The van der Waals surface area contributed by atoms with Gasteiger partial charge >= 0.3 is 6.18 Å². The molecule has 6 unspecified atom stereocenters. The fraction of sp³-hybridized carbons (Fsp3) is 0.909. The first-order valence-electron chi connectivity index (χ1n) is 6.35. The fourth-order valence-corrected chi connectivity index (χ4v) is 3.98. The summed E-state index contributed by atoms with van der Waals surface area (Å²) in [4.78, 5) is 4.18. The maximum absolute atomic E-state index is 12.6. The van der Waals surface area contributed by atoms with E-state index in [9.17, 15) is 28.5 Å². The minimum absolute atomic E-state index is 0.0490. The van der Waals surface area contributed by atoms with Crippen molar-refractivity contribution in [1.82, 2.24) is 5.32 Å². The van der Waals surface area contributed by atoms with E-state index in [1.54, 1.807) is 0 Å². The van der Waals surface area contributed by atoms with Gasteiger partial charge in [0.2, 0.25) is 0 Å². The fourth-order valence-electron chi connectivity index (χ4n) is 2.61. The van der Waals surface area contributed by atoms with E-state index >= 15 is 0 Å². The molecular formula is C11H17F3N2O3S. The minimum Gasteiger partial charge on any atom is -0.390 e. The van der Waals surface area contributed by atoms with Crippen molar-refractivity contribution in [3.05, 3.63) is 0 Å². The molecule has 6 atom stereocenters. The highest BCUT2D eigenvalue weighted by Gasteiger charge is 2.54. The molecule has 20 heavy (non-hydrogen) atoms. The first-order valence-corrected chi connectivity index (χ1v) is 7.23. The molecule has 0 bridgehead atoms. The third-order valence-electron chi connectivity index (χ3n) is 3.62. The van der Waals surface area contributed by atoms with Gasteiger partial charge in [0.15, 0.2) is 11.3 Å². The zero-order chi connectivity index (χ0) is 15.1. The summed E-state index contributed by atoms with van der Waals surface area (Å²) in [6, 6.07) is -0.638. The molecule has 5 nitrogen and oxygen atoms in total. The number of halogens is 3. The Labute approximate surface area is 118 Å². The monoisotopic (exact) mass is 314 g/mol. The molecule has 0 aromatic rings. The van der Waals surface area contributed by atoms with E-state index in [-0.39, 0.29) is 11.7 Å². The molecule has 4 N–H and O–H groups in total. The van der Waals surface area contributed by atoms with Crippen LogP contribution in [0.4, 0.5) is 13.2 Å². The smallest absolute Gasteiger partial charge is 0.390 e. The van der Waals surface area contributed by atoms with Crippen molar-refractivity contribution in [2.75, 3.05) is 6.54 Å². The lowest BCUT2D eigenvalue weighted by molar-refractivity contribution is -0.238. The van der Waals surface area contributed by atoms with Gasteiger partial charge in [0.05, 0.1) is 12.1 Å². The number of nitrogens with one attached hydrogen (secondary N) is 1. The van der Waals surface area contributed by atoms with Gasteiger partial charge in [-0.3, -0.25) is 4.99 Å². The Morgan fingerprint density at radius 3 is 2.60 bits per heavy atom. The number of thioether (sulfide) groups is 1. The van der Waals surface area contributed by atoms with Gasteiger partial charge < -0.3 is 20.6 Å². The second kappa shape index (κ2) is 5.70. The van der Waals surface area contributed by atoms with Crippen molar-refractivity contribution >= 4 is 16.9 Å². The Kier molecular flexibility index (Phi) is 4.53. The summed E-state index contributed by atoms with van der Waals surface area (Å²) in [5.74, 6) is -1.44. The van der Waals surface area contributed by atoms with E-state index in [1.807, 2.05) is 6.92 Å². The SMILES string of the molecule is CCNC1=NC2C(CC(C(O)C(F)(F)F)C(O)C2O)S1. The van der Waals surface area contributed by atoms with Crippen molar-refractivity contribution in [2.24, 2.45) is 10.9 Å². The first kappa shape index (κ1) is 15.9. The second-order valence-electron chi connectivity index (χ2n) is 4.98. The molecule has 1 fully saturated rings. The molecule has 9 heteroatoms. The van der Waals surface area contributed by atoms with Crippen LogP contribution < -0.4 is 5.32 Å². The maximum Gasteiger partial charge on any atom is 0.414 e. The molecule has 0 aromatic carbocycles. The van der Waals surface area contributed by atoms with Gasteiger partial charge in [0, 0.05) is 17.7 Å². The first-order chi connectivity index (χ1) is 9.25. The van der Waals surface area contributed by atoms with E-state index in [2.05, 4.69) is 10.3 Å². The Morgan fingerprint density at radius 1 is 1.40 bits per heavy atom. The Balaban J connectivity index is 2.13. The van der Waals surface area contributed by atoms with E-state index in [0.29, 0.717) is 11.7 Å². The molecule has 0 spiro atoms. The van der Waals surface area contributed by atoms with Gasteiger partial charge in [-0.25, -0.2) is 0 Å². The van der Waals surface area contributed by atoms with Crippen LogP contribution >= 0.6 is 11.8 Å². The third-order valence-corrected chi connectivity index (χ3v) is 4.87. The number of aliphatic hydroxyl groups excluding tert-OH is 3. The topological polar surface area (TPSA) is 85.1 Å². The highest BCUT2D eigenvalue weighted by molar-refractivity contribution is 8.14. The lowest BCUT2D eigenvalue weighted by Gasteiger charge is -2.40. The van der Waals surface area contributed by atoms with Crippen LogP contribution in [0.15, 0.2) is 4.99 Å². The van der Waals surface area contributed by atoms with Gasteiger partial charge in [-0.15, -0.1) is 0 Å². The summed E-state index contributed by atoms with van der Waals surface area (Å²) in [5, 5.41) is 32.2. The van der Waals surface area contributed by atoms with Crippen molar-refractivity contribution in [1.29, 1.82) is 0 Å². The van der Waals surface area contributed by atoms with Crippen LogP contribution in [-0.4, -0.2) is 62.8 Å². The van der Waals surface area contributed by atoms with Gasteiger partial charge in [-0.1, -0.05) is 11.8 Å². The molecular weight excluding hydrogens is 297 g/mol. The number of aliphatic hydroxyl groups is 3. The van der Waals surface area contributed by atoms with E-state index in [4.69, 9.17) is 0 Å². The van der Waals surface area contributed by atoms with Crippen molar-refractivity contribution in [2.45, 2.75) is 49.1 Å². The van der Waals surface area contributed by atoms with Crippen molar-refractivity contribution in [3.8, 4) is 0 Å². The Hall–Kier alpha value is -0.510. The maximum atomic E-state index is 12.6. The van der Waals surface area contributed by atoms with Crippen molar-refractivity contribution < 1.29 is 28.5 Å². The van der Waals surface area contributed by atoms with Crippen LogP contribution in [0.2, 0.25) is 0 Å². The summed E-state index contributed by atoms with van der Waals surface area (Å²) < 4.78 is 37.8. The molecule has 1 aliphatic heterocycles. The van der Waals surface area contributed by atoms with Crippen LogP contribution in [0.3, 0.4) is 0 Å². The minimum atomic E-state index is -4.81. The average molecular weight is 314 g/mol. The Morgan fingerprint density at radius 2 is 2.05 bits per heavy atom. The molecule has 2 aliphatic rings. The predicted octanol–water partition coefficient (Wildman–Crippen LogP) is 0.101. The van der Waals surface area contributed by atoms with Gasteiger partial charge in [0.25, 0.3) is 0 Å². The second-order valence-corrected chi connectivity index (χ2v) is 6.21. The number of fused-ring (bicyclic) bond motifs is 1.